The second-order valence-electron chi connectivity index (χ2n) is 8.30. The van der Waals surface area contributed by atoms with Crippen LogP contribution in [0.15, 0.2) is 84.2 Å². The van der Waals surface area contributed by atoms with Gasteiger partial charge in [-0.2, -0.15) is 5.26 Å². The average Bonchev–Trinajstić information content (AvgIpc) is 3.32. The molecular weight excluding hydrogens is 465 g/mol. The van der Waals surface area contributed by atoms with Gasteiger partial charge in [0.2, 0.25) is 5.67 Å². The lowest BCUT2D eigenvalue weighted by atomic mass is 9.85. The first-order valence-corrected chi connectivity index (χ1v) is 11.1. The van der Waals surface area contributed by atoms with E-state index >= 15 is 4.39 Å². The quantitative estimate of drug-likeness (QED) is 0.355. The zero-order chi connectivity index (χ0) is 24.7. The van der Waals surface area contributed by atoms with Crippen LogP contribution in [0.5, 0.6) is 0 Å². The van der Waals surface area contributed by atoms with Crippen LogP contribution in [-0.4, -0.2) is 19.1 Å². The Morgan fingerprint density at radius 2 is 1.80 bits per heavy atom. The minimum absolute atomic E-state index is 0.258. The summed E-state index contributed by atoms with van der Waals surface area (Å²) < 4.78 is 20.4. The van der Waals surface area contributed by atoms with Gasteiger partial charge in [-0.1, -0.05) is 35.9 Å². The maximum atomic E-state index is 17.3. The Morgan fingerprint density at radius 3 is 2.49 bits per heavy atom. The van der Waals surface area contributed by atoms with Gasteiger partial charge in [0.25, 0.3) is 5.56 Å². The summed E-state index contributed by atoms with van der Waals surface area (Å²) in [5, 5.41) is 10.4. The third-order valence-corrected chi connectivity index (χ3v) is 6.44. The fraction of sp³-hybridized carbons (Fsp3) is 0.111. The number of aromatic nitrogens is 4. The van der Waals surface area contributed by atoms with E-state index < -0.39 is 5.67 Å². The number of aryl methyl sites for hydroxylation is 2. The number of hydrogen-bond donors (Lipinski definition) is 0. The largest absolute Gasteiger partial charge is 0.334 e. The van der Waals surface area contributed by atoms with Gasteiger partial charge >= 0.3 is 0 Å². The highest BCUT2D eigenvalue weighted by Crippen LogP contribution is 2.42. The van der Waals surface area contributed by atoms with Crippen molar-refractivity contribution < 1.29 is 4.39 Å². The molecule has 0 spiro atoms. The van der Waals surface area contributed by atoms with Gasteiger partial charge in [-0.05, 0) is 47.0 Å². The summed E-state index contributed by atoms with van der Waals surface area (Å²) in [5.41, 5.74) is 0.692. The van der Waals surface area contributed by atoms with Crippen molar-refractivity contribution in [2.45, 2.75) is 5.67 Å². The molecule has 0 aliphatic rings. The van der Waals surface area contributed by atoms with E-state index in [0.717, 1.165) is 0 Å². The molecule has 2 aromatic carbocycles. The zero-order valence-electron chi connectivity index (χ0n) is 18.9. The van der Waals surface area contributed by atoms with E-state index in [9.17, 15) is 10.1 Å². The van der Waals surface area contributed by atoms with Crippen LogP contribution in [0, 0.1) is 11.3 Å². The third kappa shape index (κ3) is 3.69. The minimum Gasteiger partial charge on any atom is -0.334 e. The summed E-state index contributed by atoms with van der Waals surface area (Å²) in [6, 6.07) is 18.8. The molecule has 0 saturated carbocycles. The molecule has 0 bridgehead atoms. The predicted octanol–water partition coefficient (Wildman–Crippen LogP) is 5.12. The highest BCUT2D eigenvalue weighted by atomic mass is 35.5. The fourth-order valence-corrected chi connectivity index (χ4v) is 4.47. The van der Waals surface area contributed by atoms with E-state index in [1.54, 1.807) is 67.2 Å². The molecule has 0 radical (unpaired) electrons. The van der Waals surface area contributed by atoms with Gasteiger partial charge < -0.3 is 4.57 Å². The molecule has 3 aromatic heterocycles. The number of alkyl halides is 1. The summed E-state index contributed by atoms with van der Waals surface area (Å²) in [7, 11) is 3.35. The van der Waals surface area contributed by atoms with E-state index in [1.807, 2.05) is 6.07 Å². The molecule has 35 heavy (non-hydrogen) atoms. The number of halogens is 2. The van der Waals surface area contributed by atoms with Gasteiger partial charge in [0.15, 0.2) is 0 Å². The van der Waals surface area contributed by atoms with Crippen molar-refractivity contribution in [3.63, 3.8) is 0 Å². The van der Waals surface area contributed by atoms with E-state index in [1.165, 1.54) is 29.4 Å². The number of pyridine rings is 2. The minimum atomic E-state index is -2.10. The van der Waals surface area contributed by atoms with Crippen molar-refractivity contribution in [3.05, 3.63) is 117 Å². The van der Waals surface area contributed by atoms with Crippen LogP contribution < -0.4 is 5.56 Å². The smallest absolute Gasteiger partial charge is 0.252 e. The van der Waals surface area contributed by atoms with Crippen LogP contribution in [-0.2, 0) is 19.8 Å². The molecule has 0 fully saturated rings. The van der Waals surface area contributed by atoms with E-state index in [-0.39, 0.29) is 11.1 Å². The van der Waals surface area contributed by atoms with Crippen molar-refractivity contribution in [1.82, 2.24) is 19.1 Å². The SMILES string of the molecule is Cn1cncc1[C@@](F)(c1ccc(Cl)cc1)c1cnc2c(c1)c(-c1cccc(C#N)c1)cc(=O)n2C. The molecule has 1 atom stereocenters. The van der Waals surface area contributed by atoms with Crippen molar-refractivity contribution in [2.24, 2.45) is 14.1 Å². The molecule has 0 aliphatic heterocycles. The van der Waals surface area contributed by atoms with Crippen LogP contribution in [0.25, 0.3) is 22.2 Å². The molecule has 0 aliphatic carbocycles. The second-order valence-corrected chi connectivity index (χ2v) is 8.73. The number of imidazole rings is 1. The van der Waals surface area contributed by atoms with Gasteiger partial charge in [-0.25, -0.2) is 14.4 Å². The van der Waals surface area contributed by atoms with Gasteiger partial charge in [0.1, 0.15) is 5.65 Å². The lowest BCUT2D eigenvalue weighted by molar-refractivity contribution is 0.266. The Morgan fingerprint density at radius 1 is 1.03 bits per heavy atom. The highest BCUT2D eigenvalue weighted by molar-refractivity contribution is 6.30. The van der Waals surface area contributed by atoms with Crippen LogP contribution >= 0.6 is 11.6 Å². The zero-order valence-corrected chi connectivity index (χ0v) is 19.7. The maximum Gasteiger partial charge on any atom is 0.252 e. The van der Waals surface area contributed by atoms with Crippen molar-refractivity contribution in [1.29, 1.82) is 5.26 Å². The number of hydrogen-bond acceptors (Lipinski definition) is 4. The summed E-state index contributed by atoms with van der Waals surface area (Å²) in [6.45, 7) is 0. The first-order valence-electron chi connectivity index (χ1n) is 10.8. The number of rotatable bonds is 4. The van der Waals surface area contributed by atoms with E-state index in [0.29, 0.717) is 44.0 Å². The number of nitrogens with zero attached hydrogens (tertiary/aromatic N) is 5. The van der Waals surface area contributed by atoms with Gasteiger partial charge in [0, 0.05) is 42.3 Å². The maximum absolute atomic E-state index is 17.3. The Bertz CT molecular complexity index is 1680. The molecule has 0 N–H and O–H groups in total. The van der Waals surface area contributed by atoms with E-state index in [2.05, 4.69) is 16.0 Å². The molecule has 6 nitrogen and oxygen atoms in total. The van der Waals surface area contributed by atoms with Gasteiger partial charge in [-0.3, -0.25) is 9.36 Å². The molecule has 172 valence electrons. The van der Waals surface area contributed by atoms with Crippen LogP contribution in [0.2, 0.25) is 5.02 Å². The lowest BCUT2D eigenvalue weighted by Crippen LogP contribution is -2.27. The Kier molecular flexibility index (Phi) is 5.46. The van der Waals surface area contributed by atoms with Crippen LogP contribution in [0.4, 0.5) is 4.39 Å². The number of fused-ring (bicyclic) bond motifs is 1. The van der Waals surface area contributed by atoms with E-state index in [4.69, 9.17) is 11.6 Å². The van der Waals surface area contributed by atoms with Crippen LogP contribution in [0.3, 0.4) is 0 Å². The summed E-state index contributed by atoms with van der Waals surface area (Å²) in [5.74, 6) is 0. The van der Waals surface area contributed by atoms with Crippen molar-refractivity contribution in [2.75, 3.05) is 0 Å². The molecule has 5 aromatic rings. The molecular formula is C27H19ClFN5O. The monoisotopic (exact) mass is 483 g/mol. The second kappa shape index (κ2) is 8.49. The lowest BCUT2D eigenvalue weighted by Gasteiger charge is -2.27. The van der Waals surface area contributed by atoms with Crippen molar-refractivity contribution >= 4 is 22.6 Å². The number of benzene rings is 2. The first-order chi connectivity index (χ1) is 16.8. The predicted molar refractivity (Wildman–Crippen MR) is 133 cm³/mol. The third-order valence-electron chi connectivity index (χ3n) is 6.19. The van der Waals surface area contributed by atoms with Crippen LogP contribution in [0.1, 0.15) is 22.4 Å². The summed E-state index contributed by atoms with van der Waals surface area (Å²) >= 11 is 6.08. The van der Waals surface area contributed by atoms with Gasteiger partial charge in [-0.15, -0.1) is 0 Å². The first kappa shape index (κ1) is 22.5. The Labute approximate surface area is 205 Å². The standard InChI is InChI=1S/C27H19ClFN5O/c1-33-16-31-15-24(33)27(29,19-6-8-21(28)9-7-19)20-11-23-22(18-5-3-4-17(10-18)13-30)12-25(35)34(2)26(23)32-14-20/h3-12,14-16H,1-2H3/t27-/m1/s1. The highest BCUT2D eigenvalue weighted by Gasteiger charge is 2.40. The molecule has 5 rings (SSSR count). The summed E-state index contributed by atoms with van der Waals surface area (Å²) in [6.07, 6.45) is 4.46. The molecule has 3 heterocycles. The topological polar surface area (TPSA) is 76.5 Å². The normalized spacial score (nSPS) is 12.9. The van der Waals surface area contributed by atoms with Gasteiger partial charge in [0.05, 0.1) is 29.9 Å². The Hall–Kier alpha value is -4.28. The number of nitriles is 1. The molecule has 8 heteroatoms. The summed E-state index contributed by atoms with van der Waals surface area (Å²) in [4.78, 5) is 21.4. The molecule has 0 amide bonds. The molecule has 0 unspecified atom stereocenters. The fourth-order valence-electron chi connectivity index (χ4n) is 4.34. The average molecular weight is 484 g/mol. The van der Waals surface area contributed by atoms with Crippen molar-refractivity contribution in [3.8, 4) is 17.2 Å². The molecule has 0 saturated heterocycles. The Balaban J connectivity index is 1.84.